The molecule has 0 spiro atoms. The van der Waals surface area contributed by atoms with E-state index in [2.05, 4.69) is 30.1 Å². The molecule has 1 fully saturated rings. The van der Waals surface area contributed by atoms with Gasteiger partial charge in [0.15, 0.2) is 0 Å². The maximum absolute atomic E-state index is 5.11. The lowest BCUT2D eigenvalue weighted by atomic mass is 9.96. The molecule has 0 saturated carbocycles. The molecule has 84 valence electrons. The lowest BCUT2D eigenvalue weighted by molar-refractivity contribution is 0.423. The van der Waals surface area contributed by atoms with Crippen LogP contribution < -0.4 is 5.32 Å². The van der Waals surface area contributed by atoms with E-state index in [0.29, 0.717) is 6.04 Å². The van der Waals surface area contributed by atoms with Gasteiger partial charge in [0.25, 0.3) is 0 Å². The molecular weight excluding hydrogens is 206 g/mol. The first-order chi connectivity index (χ1) is 7.40. The minimum atomic E-state index is 0.699. The third kappa shape index (κ3) is 3.02. The fourth-order valence-electron chi connectivity index (χ4n) is 2.07. The predicted octanol–water partition coefficient (Wildman–Crippen LogP) is 2.55. The molecule has 2 atom stereocenters. The van der Waals surface area contributed by atoms with Crippen LogP contribution in [0.15, 0.2) is 23.0 Å². The van der Waals surface area contributed by atoms with Gasteiger partial charge in [0.05, 0.1) is 12.5 Å². The monoisotopic (exact) mass is 225 g/mol. The van der Waals surface area contributed by atoms with Crippen LogP contribution in [-0.4, -0.2) is 24.1 Å². The lowest BCUT2D eigenvalue weighted by Crippen LogP contribution is -2.36. The zero-order valence-electron chi connectivity index (χ0n) is 9.24. The summed E-state index contributed by atoms with van der Waals surface area (Å²) in [5.41, 5.74) is 1.34. The molecule has 1 N–H and O–H groups in total. The quantitative estimate of drug-likeness (QED) is 0.833. The van der Waals surface area contributed by atoms with Crippen LogP contribution in [0.1, 0.15) is 18.9 Å². The molecule has 1 aromatic heterocycles. The fourth-order valence-corrected chi connectivity index (χ4v) is 3.50. The van der Waals surface area contributed by atoms with E-state index in [-0.39, 0.29) is 0 Å². The van der Waals surface area contributed by atoms with Crippen molar-refractivity contribution in [3.05, 3.63) is 24.2 Å². The molecule has 1 saturated heterocycles. The summed E-state index contributed by atoms with van der Waals surface area (Å²) in [5, 5.41) is 3.64. The molecule has 2 nitrogen and oxygen atoms in total. The summed E-state index contributed by atoms with van der Waals surface area (Å²) in [6, 6.07) is 2.78. The second kappa shape index (κ2) is 5.61. The van der Waals surface area contributed by atoms with Crippen molar-refractivity contribution in [2.75, 3.05) is 18.1 Å². The Morgan fingerprint density at radius 2 is 2.47 bits per heavy atom. The van der Waals surface area contributed by atoms with Crippen molar-refractivity contribution >= 4 is 11.8 Å². The Bertz CT molecular complexity index is 273. The van der Waals surface area contributed by atoms with Gasteiger partial charge in [-0.3, -0.25) is 0 Å². The van der Waals surface area contributed by atoms with Gasteiger partial charge in [0, 0.05) is 11.8 Å². The highest BCUT2D eigenvalue weighted by Crippen LogP contribution is 2.27. The van der Waals surface area contributed by atoms with Crippen molar-refractivity contribution in [3.8, 4) is 0 Å². The first-order valence-electron chi connectivity index (χ1n) is 5.72. The van der Waals surface area contributed by atoms with Gasteiger partial charge in [0.2, 0.25) is 0 Å². The molecule has 0 aliphatic carbocycles. The topological polar surface area (TPSA) is 25.2 Å². The van der Waals surface area contributed by atoms with Crippen molar-refractivity contribution in [3.63, 3.8) is 0 Å². The van der Waals surface area contributed by atoms with Crippen molar-refractivity contribution < 1.29 is 4.42 Å². The third-order valence-electron chi connectivity index (χ3n) is 2.93. The highest BCUT2D eigenvalue weighted by Gasteiger charge is 2.27. The molecule has 1 aromatic rings. The van der Waals surface area contributed by atoms with E-state index in [4.69, 9.17) is 4.42 Å². The molecule has 0 amide bonds. The van der Waals surface area contributed by atoms with Crippen molar-refractivity contribution in [2.24, 2.45) is 5.92 Å². The van der Waals surface area contributed by atoms with Crippen LogP contribution in [0.25, 0.3) is 0 Å². The molecule has 1 aliphatic rings. The minimum Gasteiger partial charge on any atom is -0.472 e. The molecule has 0 aromatic carbocycles. The predicted molar refractivity (Wildman–Crippen MR) is 65.3 cm³/mol. The first kappa shape index (κ1) is 11.1. The van der Waals surface area contributed by atoms with Gasteiger partial charge in [0.1, 0.15) is 0 Å². The van der Waals surface area contributed by atoms with E-state index >= 15 is 0 Å². The summed E-state index contributed by atoms with van der Waals surface area (Å²) < 4.78 is 5.11. The maximum Gasteiger partial charge on any atom is 0.0934 e. The Balaban J connectivity index is 1.85. The summed E-state index contributed by atoms with van der Waals surface area (Å²) >= 11 is 2.07. The Labute approximate surface area is 95.8 Å². The molecule has 2 unspecified atom stereocenters. The van der Waals surface area contributed by atoms with E-state index in [1.165, 1.54) is 23.5 Å². The Kier molecular flexibility index (Phi) is 4.15. The number of thioether (sulfide) groups is 1. The van der Waals surface area contributed by atoms with E-state index < -0.39 is 0 Å². The van der Waals surface area contributed by atoms with Gasteiger partial charge in [-0.05, 0) is 42.7 Å². The average Bonchev–Trinajstić information content (AvgIpc) is 2.87. The Morgan fingerprint density at radius 1 is 1.53 bits per heavy atom. The van der Waals surface area contributed by atoms with Crippen LogP contribution in [0.5, 0.6) is 0 Å². The number of furan rings is 1. The van der Waals surface area contributed by atoms with E-state index in [1.807, 2.05) is 6.26 Å². The van der Waals surface area contributed by atoms with Crippen LogP contribution in [0, 0.1) is 5.92 Å². The summed E-state index contributed by atoms with van der Waals surface area (Å²) in [6.07, 6.45) is 6.02. The number of rotatable bonds is 5. The summed E-state index contributed by atoms with van der Waals surface area (Å²) in [7, 11) is 0. The highest BCUT2D eigenvalue weighted by atomic mass is 32.2. The van der Waals surface area contributed by atoms with E-state index in [0.717, 1.165) is 18.9 Å². The summed E-state index contributed by atoms with van der Waals surface area (Å²) in [4.78, 5) is 0. The molecule has 0 radical (unpaired) electrons. The second-order valence-corrected chi connectivity index (χ2v) is 5.27. The van der Waals surface area contributed by atoms with Crippen molar-refractivity contribution in [1.29, 1.82) is 0 Å². The Hall–Kier alpha value is -0.410. The van der Waals surface area contributed by atoms with Gasteiger partial charge >= 0.3 is 0 Å². The zero-order chi connectivity index (χ0) is 10.5. The molecule has 2 rings (SSSR count). The Morgan fingerprint density at radius 3 is 3.20 bits per heavy atom. The van der Waals surface area contributed by atoms with Crippen LogP contribution in [-0.2, 0) is 6.42 Å². The van der Waals surface area contributed by atoms with Crippen molar-refractivity contribution in [1.82, 2.24) is 5.32 Å². The van der Waals surface area contributed by atoms with E-state index in [1.54, 1.807) is 6.26 Å². The van der Waals surface area contributed by atoms with Gasteiger partial charge in [-0.2, -0.15) is 11.8 Å². The fraction of sp³-hybridized carbons (Fsp3) is 0.667. The smallest absolute Gasteiger partial charge is 0.0934 e. The third-order valence-corrected chi connectivity index (χ3v) is 4.19. The normalized spacial score (nSPS) is 25.9. The minimum absolute atomic E-state index is 0.699. The zero-order valence-corrected chi connectivity index (χ0v) is 10.1. The second-order valence-electron chi connectivity index (χ2n) is 4.19. The molecule has 15 heavy (non-hydrogen) atoms. The summed E-state index contributed by atoms with van der Waals surface area (Å²) in [6.45, 7) is 3.37. The van der Waals surface area contributed by atoms with Crippen LogP contribution in [0.2, 0.25) is 0 Å². The molecule has 2 heterocycles. The summed E-state index contributed by atoms with van der Waals surface area (Å²) in [5.74, 6) is 3.33. The van der Waals surface area contributed by atoms with E-state index in [9.17, 15) is 0 Å². The van der Waals surface area contributed by atoms with Crippen LogP contribution >= 0.6 is 11.8 Å². The highest BCUT2D eigenvalue weighted by molar-refractivity contribution is 7.99. The van der Waals surface area contributed by atoms with Gasteiger partial charge in [-0.15, -0.1) is 0 Å². The number of hydrogen-bond acceptors (Lipinski definition) is 3. The average molecular weight is 225 g/mol. The van der Waals surface area contributed by atoms with Crippen molar-refractivity contribution in [2.45, 2.75) is 25.8 Å². The van der Waals surface area contributed by atoms with Crippen LogP contribution in [0.4, 0.5) is 0 Å². The first-order valence-corrected chi connectivity index (χ1v) is 6.88. The maximum atomic E-state index is 5.11. The molecule has 0 bridgehead atoms. The standard InChI is InChI=1S/C12H19NOS/c1-2-4-13-12-9-15-8-11(12)6-10-3-5-14-7-10/h3,5,7,11-13H,2,4,6,8-9H2,1H3. The van der Waals surface area contributed by atoms with Gasteiger partial charge in [-0.1, -0.05) is 6.92 Å². The lowest BCUT2D eigenvalue weighted by Gasteiger charge is -2.19. The SMILES string of the molecule is CCCNC1CSCC1Cc1ccoc1. The van der Waals surface area contributed by atoms with Gasteiger partial charge < -0.3 is 9.73 Å². The van der Waals surface area contributed by atoms with Crippen LogP contribution in [0.3, 0.4) is 0 Å². The number of nitrogens with one attached hydrogen (secondary N) is 1. The number of hydrogen-bond donors (Lipinski definition) is 1. The largest absolute Gasteiger partial charge is 0.472 e. The van der Waals surface area contributed by atoms with Gasteiger partial charge in [-0.25, -0.2) is 0 Å². The molecule has 3 heteroatoms. The molecular formula is C12H19NOS. The molecule has 1 aliphatic heterocycles.